The van der Waals surface area contributed by atoms with Gasteiger partial charge in [-0.05, 0) is 50.3 Å². The third kappa shape index (κ3) is 2.67. The lowest BCUT2D eigenvalue weighted by Crippen LogP contribution is -2.28. The maximum atomic E-state index is 9.44. The highest BCUT2D eigenvalue weighted by molar-refractivity contribution is 5.59. The second-order valence-corrected chi connectivity index (χ2v) is 4.72. The standard InChI is InChI=1S/C13H20N2O/c1-9-2-3-10(14)8-13(9)15-11-4-6-12(16)7-5-11/h2-3,8,11-12,15-16H,4-7,14H2,1H3. The van der Waals surface area contributed by atoms with Crippen molar-refractivity contribution in [3.63, 3.8) is 0 Å². The monoisotopic (exact) mass is 220 g/mol. The molecule has 0 aromatic heterocycles. The summed E-state index contributed by atoms with van der Waals surface area (Å²) in [6.45, 7) is 2.08. The lowest BCUT2D eigenvalue weighted by atomic mass is 9.93. The first-order valence-electron chi connectivity index (χ1n) is 5.96. The van der Waals surface area contributed by atoms with Crippen molar-refractivity contribution in [3.8, 4) is 0 Å². The van der Waals surface area contributed by atoms with E-state index < -0.39 is 0 Å². The van der Waals surface area contributed by atoms with Crippen molar-refractivity contribution >= 4 is 11.4 Å². The molecule has 0 saturated heterocycles. The Bertz CT molecular complexity index is 357. The molecule has 1 aromatic carbocycles. The van der Waals surface area contributed by atoms with Crippen LogP contribution in [0.2, 0.25) is 0 Å². The van der Waals surface area contributed by atoms with Crippen molar-refractivity contribution in [2.75, 3.05) is 11.1 Å². The molecule has 1 aliphatic carbocycles. The summed E-state index contributed by atoms with van der Waals surface area (Å²) in [5, 5.41) is 13.0. The molecule has 1 aromatic rings. The number of aliphatic hydroxyl groups is 1. The second-order valence-electron chi connectivity index (χ2n) is 4.72. The van der Waals surface area contributed by atoms with Crippen molar-refractivity contribution in [1.82, 2.24) is 0 Å². The van der Waals surface area contributed by atoms with Crippen molar-refractivity contribution in [2.24, 2.45) is 0 Å². The minimum atomic E-state index is -0.0972. The molecule has 0 unspecified atom stereocenters. The SMILES string of the molecule is Cc1ccc(N)cc1NC1CCC(O)CC1. The van der Waals surface area contributed by atoms with E-state index in [-0.39, 0.29) is 6.10 Å². The van der Waals surface area contributed by atoms with Crippen molar-refractivity contribution in [2.45, 2.75) is 44.8 Å². The predicted molar refractivity (Wildman–Crippen MR) is 67.5 cm³/mol. The van der Waals surface area contributed by atoms with E-state index in [2.05, 4.69) is 12.2 Å². The quantitative estimate of drug-likeness (QED) is 0.670. The molecule has 3 heteroatoms. The van der Waals surface area contributed by atoms with Crippen LogP contribution >= 0.6 is 0 Å². The maximum Gasteiger partial charge on any atom is 0.0541 e. The Balaban J connectivity index is 2.00. The zero-order chi connectivity index (χ0) is 11.5. The number of benzene rings is 1. The smallest absolute Gasteiger partial charge is 0.0541 e. The molecular weight excluding hydrogens is 200 g/mol. The number of hydrogen-bond donors (Lipinski definition) is 3. The van der Waals surface area contributed by atoms with Gasteiger partial charge in [0, 0.05) is 17.4 Å². The Morgan fingerprint density at radius 1 is 1.25 bits per heavy atom. The summed E-state index contributed by atoms with van der Waals surface area (Å²) in [5.41, 5.74) is 8.92. The lowest BCUT2D eigenvalue weighted by Gasteiger charge is -2.27. The summed E-state index contributed by atoms with van der Waals surface area (Å²) < 4.78 is 0. The number of nitrogens with two attached hydrogens (primary N) is 1. The second kappa shape index (κ2) is 4.74. The normalized spacial score (nSPS) is 25.4. The van der Waals surface area contributed by atoms with E-state index in [1.54, 1.807) is 0 Å². The van der Waals surface area contributed by atoms with Gasteiger partial charge >= 0.3 is 0 Å². The number of anilines is 2. The van der Waals surface area contributed by atoms with Crippen molar-refractivity contribution in [1.29, 1.82) is 0 Å². The van der Waals surface area contributed by atoms with Gasteiger partial charge in [-0.25, -0.2) is 0 Å². The number of nitrogen functional groups attached to an aromatic ring is 1. The highest BCUT2D eigenvalue weighted by atomic mass is 16.3. The summed E-state index contributed by atoms with van der Waals surface area (Å²) in [6.07, 6.45) is 3.78. The van der Waals surface area contributed by atoms with Crippen molar-refractivity contribution < 1.29 is 5.11 Å². The first-order chi connectivity index (χ1) is 7.65. The summed E-state index contributed by atoms with van der Waals surface area (Å²) >= 11 is 0. The number of aryl methyl sites for hydroxylation is 1. The fraction of sp³-hybridized carbons (Fsp3) is 0.538. The fourth-order valence-corrected chi connectivity index (χ4v) is 2.24. The molecule has 0 spiro atoms. The first-order valence-corrected chi connectivity index (χ1v) is 5.96. The molecule has 1 fully saturated rings. The molecule has 88 valence electrons. The Hall–Kier alpha value is -1.22. The predicted octanol–water partition coefficient (Wildman–Crippen LogP) is 2.29. The molecule has 0 atom stereocenters. The van der Waals surface area contributed by atoms with Crippen molar-refractivity contribution in [3.05, 3.63) is 23.8 Å². The first kappa shape index (κ1) is 11.3. The number of aliphatic hydroxyl groups excluding tert-OH is 1. The van der Waals surface area contributed by atoms with Crippen LogP contribution in [0.3, 0.4) is 0 Å². The van der Waals surface area contributed by atoms with E-state index in [9.17, 15) is 5.11 Å². The average molecular weight is 220 g/mol. The molecule has 0 radical (unpaired) electrons. The molecule has 2 rings (SSSR count). The van der Waals surface area contributed by atoms with Crippen LogP contribution in [-0.2, 0) is 0 Å². The van der Waals surface area contributed by atoms with Gasteiger partial charge < -0.3 is 16.2 Å². The highest BCUT2D eigenvalue weighted by Gasteiger charge is 2.19. The van der Waals surface area contributed by atoms with Crippen LogP contribution in [0.4, 0.5) is 11.4 Å². The van der Waals surface area contributed by atoms with Gasteiger partial charge in [0.25, 0.3) is 0 Å². The van der Waals surface area contributed by atoms with Gasteiger partial charge in [0.1, 0.15) is 0 Å². The van der Waals surface area contributed by atoms with Gasteiger partial charge in [-0.3, -0.25) is 0 Å². The molecule has 16 heavy (non-hydrogen) atoms. The Morgan fingerprint density at radius 2 is 1.94 bits per heavy atom. The number of hydrogen-bond acceptors (Lipinski definition) is 3. The molecule has 0 heterocycles. The van der Waals surface area contributed by atoms with E-state index in [4.69, 9.17) is 5.73 Å². The largest absolute Gasteiger partial charge is 0.399 e. The van der Waals surface area contributed by atoms with E-state index >= 15 is 0 Å². The van der Waals surface area contributed by atoms with Gasteiger partial charge in [0.05, 0.1) is 6.10 Å². The van der Waals surface area contributed by atoms with Crippen LogP contribution in [0.25, 0.3) is 0 Å². The topological polar surface area (TPSA) is 58.3 Å². The minimum absolute atomic E-state index is 0.0972. The Morgan fingerprint density at radius 3 is 2.62 bits per heavy atom. The molecular formula is C13H20N2O. The van der Waals surface area contributed by atoms with Crippen LogP contribution in [0.1, 0.15) is 31.2 Å². The molecule has 0 amide bonds. The Labute approximate surface area is 96.7 Å². The van der Waals surface area contributed by atoms with Crippen LogP contribution < -0.4 is 11.1 Å². The fourth-order valence-electron chi connectivity index (χ4n) is 2.24. The minimum Gasteiger partial charge on any atom is -0.399 e. The van der Waals surface area contributed by atoms with Crippen LogP contribution in [0.15, 0.2) is 18.2 Å². The van der Waals surface area contributed by atoms with E-state index in [0.717, 1.165) is 37.1 Å². The Kier molecular flexibility index (Phi) is 3.34. The molecule has 0 bridgehead atoms. The van der Waals surface area contributed by atoms with Crippen LogP contribution in [0.5, 0.6) is 0 Å². The van der Waals surface area contributed by atoms with E-state index in [1.807, 2.05) is 18.2 Å². The molecule has 1 saturated carbocycles. The van der Waals surface area contributed by atoms with Gasteiger partial charge in [-0.15, -0.1) is 0 Å². The summed E-state index contributed by atoms with van der Waals surface area (Å²) in [7, 11) is 0. The van der Waals surface area contributed by atoms with Crippen LogP contribution in [0, 0.1) is 6.92 Å². The van der Waals surface area contributed by atoms with Gasteiger partial charge in [0.15, 0.2) is 0 Å². The zero-order valence-electron chi connectivity index (χ0n) is 9.74. The molecule has 0 aliphatic heterocycles. The molecule has 4 N–H and O–H groups in total. The van der Waals surface area contributed by atoms with Gasteiger partial charge in [-0.2, -0.15) is 0 Å². The van der Waals surface area contributed by atoms with Gasteiger partial charge in [0.2, 0.25) is 0 Å². The van der Waals surface area contributed by atoms with Gasteiger partial charge in [-0.1, -0.05) is 6.07 Å². The lowest BCUT2D eigenvalue weighted by molar-refractivity contribution is 0.126. The zero-order valence-corrected chi connectivity index (χ0v) is 9.74. The third-order valence-corrected chi connectivity index (χ3v) is 3.32. The van der Waals surface area contributed by atoms with Crippen LogP contribution in [-0.4, -0.2) is 17.3 Å². The molecule has 1 aliphatic rings. The molecule has 3 nitrogen and oxygen atoms in total. The number of nitrogens with one attached hydrogen (secondary N) is 1. The maximum absolute atomic E-state index is 9.44. The van der Waals surface area contributed by atoms with E-state index in [1.165, 1.54) is 5.56 Å². The highest BCUT2D eigenvalue weighted by Crippen LogP contribution is 2.25. The average Bonchev–Trinajstić information content (AvgIpc) is 2.27. The number of rotatable bonds is 2. The summed E-state index contributed by atoms with van der Waals surface area (Å²) in [5.74, 6) is 0. The summed E-state index contributed by atoms with van der Waals surface area (Å²) in [6, 6.07) is 6.42. The van der Waals surface area contributed by atoms with E-state index in [0.29, 0.717) is 6.04 Å². The third-order valence-electron chi connectivity index (χ3n) is 3.32. The summed E-state index contributed by atoms with van der Waals surface area (Å²) in [4.78, 5) is 0.